The van der Waals surface area contributed by atoms with E-state index in [1.165, 1.54) is 11.8 Å². The fraction of sp³-hybridized carbons (Fsp3) is 0.273. The molecule has 0 heterocycles. The molecule has 0 unspecified atom stereocenters. The summed E-state index contributed by atoms with van der Waals surface area (Å²) in [5.74, 6) is -0.129. The number of benzene rings is 1. The topological polar surface area (TPSA) is 37.4 Å². The van der Waals surface area contributed by atoms with Crippen molar-refractivity contribution in [3.63, 3.8) is 0 Å². The van der Waals surface area contributed by atoms with Crippen LogP contribution >= 0.6 is 0 Å². The highest BCUT2D eigenvalue weighted by molar-refractivity contribution is 5.95. The summed E-state index contributed by atoms with van der Waals surface area (Å²) in [6.07, 6.45) is 0.758. The van der Waals surface area contributed by atoms with Crippen LogP contribution in [0.1, 0.15) is 13.8 Å². The normalized spacial score (nSPS) is 11.9. The lowest BCUT2D eigenvalue weighted by molar-refractivity contribution is -0.119. The molecule has 3 nitrogen and oxygen atoms in total. The third kappa shape index (κ3) is 2.19. The summed E-state index contributed by atoms with van der Waals surface area (Å²) in [5, 5.41) is 0. The number of nitrogens with zero attached hydrogens (tertiary/aromatic N) is 1. The average Bonchev–Trinajstić information content (AvgIpc) is 2.19. The molecule has 0 spiro atoms. The number of para-hydroxylation sites is 1. The van der Waals surface area contributed by atoms with Crippen LogP contribution in [-0.4, -0.2) is 18.2 Å². The van der Waals surface area contributed by atoms with Crippen molar-refractivity contribution < 1.29 is 9.59 Å². The van der Waals surface area contributed by atoms with Gasteiger partial charge in [-0.05, 0) is 19.1 Å². The number of hydrogen-bond donors (Lipinski definition) is 0. The Hall–Kier alpha value is -1.64. The van der Waals surface area contributed by atoms with Gasteiger partial charge in [-0.15, -0.1) is 0 Å². The van der Waals surface area contributed by atoms with Gasteiger partial charge in [0.15, 0.2) is 0 Å². The molecule has 0 fully saturated rings. The summed E-state index contributed by atoms with van der Waals surface area (Å²) in [7, 11) is 0. The maximum Gasteiger partial charge on any atom is 0.224 e. The molecule has 1 rings (SSSR count). The van der Waals surface area contributed by atoms with Gasteiger partial charge in [-0.3, -0.25) is 4.79 Å². The lowest BCUT2D eigenvalue weighted by atomic mass is 10.2. The summed E-state index contributed by atoms with van der Waals surface area (Å²) >= 11 is 0. The molecule has 0 aliphatic rings. The van der Waals surface area contributed by atoms with E-state index >= 15 is 0 Å². The number of hydrogen-bond acceptors (Lipinski definition) is 2. The van der Waals surface area contributed by atoms with Crippen molar-refractivity contribution in [1.29, 1.82) is 0 Å². The Morgan fingerprint density at radius 2 is 1.93 bits per heavy atom. The maximum absolute atomic E-state index is 11.3. The van der Waals surface area contributed by atoms with Gasteiger partial charge in [-0.25, -0.2) is 0 Å². The SMILES string of the molecule is CC(=O)N(c1ccccc1)[C@@H](C)C=O. The summed E-state index contributed by atoms with van der Waals surface area (Å²) in [4.78, 5) is 23.4. The highest BCUT2D eigenvalue weighted by Gasteiger charge is 2.17. The molecular weight excluding hydrogens is 178 g/mol. The van der Waals surface area contributed by atoms with Crippen LogP contribution in [0.4, 0.5) is 5.69 Å². The van der Waals surface area contributed by atoms with Crippen molar-refractivity contribution in [3.05, 3.63) is 30.3 Å². The highest BCUT2D eigenvalue weighted by Crippen LogP contribution is 2.15. The molecular formula is C11H13NO2. The van der Waals surface area contributed by atoms with Crippen LogP contribution in [0.15, 0.2) is 30.3 Å². The minimum absolute atomic E-state index is 0.129. The van der Waals surface area contributed by atoms with Gasteiger partial charge in [0.1, 0.15) is 6.29 Å². The van der Waals surface area contributed by atoms with E-state index in [1.54, 1.807) is 19.1 Å². The minimum atomic E-state index is -0.421. The van der Waals surface area contributed by atoms with E-state index in [2.05, 4.69) is 0 Å². The zero-order valence-electron chi connectivity index (χ0n) is 8.31. The molecule has 3 heteroatoms. The molecule has 0 saturated carbocycles. The molecule has 0 aliphatic carbocycles. The van der Waals surface area contributed by atoms with Gasteiger partial charge in [0.2, 0.25) is 5.91 Å². The summed E-state index contributed by atoms with van der Waals surface area (Å²) in [6, 6.07) is 8.73. The van der Waals surface area contributed by atoms with Crippen LogP contribution in [0.3, 0.4) is 0 Å². The number of rotatable bonds is 3. The Morgan fingerprint density at radius 3 is 2.36 bits per heavy atom. The Balaban J connectivity index is 3.00. The van der Waals surface area contributed by atoms with Gasteiger partial charge in [-0.2, -0.15) is 0 Å². The average molecular weight is 191 g/mol. The van der Waals surface area contributed by atoms with Crippen molar-refractivity contribution in [3.8, 4) is 0 Å². The van der Waals surface area contributed by atoms with Crippen molar-refractivity contribution in [2.24, 2.45) is 0 Å². The molecule has 0 aromatic heterocycles. The molecule has 0 radical (unpaired) electrons. The molecule has 0 bridgehead atoms. The van der Waals surface area contributed by atoms with Gasteiger partial charge in [0.25, 0.3) is 0 Å². The molecule has 0 saturated heterocycles. The Labute approximate surface area is 83.3 Å². The standard InChI is InChI=1S/C11H13NO2/c1-9(8-13)12(10(2)14)11-6-4-3-5-7-11/h3-9H,1-2H3/t9-/m0/s1. The van der Waals surface area contributed by atoms with Gasteiger partial charge in [0.05, 0.1) is 6.04 Å². The summed E-state index contributed by atoms with van der Waals surface area (Å²) in [6.45, 7) is 3.15. The first-order chi connectivity index (χ1) is 6.66. The van der Waals surface area contributed by atoms with Crippen molar-refractivity contribution in [2.75, 3.05) is 4.90 Å². The second-order valence-corrected chi connectivity index (χ2v) is 3.10. The lowest BCUT2D eigenvalue weighted by Gasteiger charge is -2.24. The van der Waals surface area contributed by atoms with Crippen LogP contribution in [0.5, 0.6) is 0 Å². The predicted molar refractivity (Wildman–Crippen MR) is 55.1 cm³/mol. The van der Waals surface area contributed by atoms with Crippen LogP contribution in [0.2, 0.25) is 0 Å². The number of amides is 1. The molecule has 14 heavy (non-hydrogen) atoms. The quantitative estimate of drug-likeness (QED) is 0.681. The van der Waals surface area contributed by atoms with Gasteiger partial charge < -0.3 is 9.69 Å². The minimum Gasteiger partial charge on any atom is -0.303 e. The first-order valence-corrected chi connectivity index (χ1v) is 4.47. The lowest BCUT2D eigenvalue weighted by Crippen LogP contribution is -2.38. The molecule has 1 amide bonds. The van der Waals surface area contributed by atoms with Crippen molar-refractivity contribution in [2.45, 2.75) is 19.9 Å². The first kappa shape index (κ1) is 10.4. The third-order valence-corrected chi connectivity index (χ3v) is 1.98. The summed E-state index contributed by atoms with van der Waals surface area (Å²) in [5.41, 5.74) is 0.750. The second-order valence-electron chi connectivity index (χ2n) is 3.10. The Morgan fingerprint density at radius 1 is 1.36 bits per heavy atom. The molecule has 74 valence electrons. The van der Waals surface area contributed by atoms with Gasteiger partial charge in [-0.1, -0.05) is 18.2 Å². The van der Waals surface area contributed by atoms with Gasteiger partial charge in [0, 0.05) is 12.6 Å². The first-order valence-electron chi connectivity index (χ1n) is 4.47. The Bertz CT molecular complexity index is 321. The monoisotopic (exact) mass is 191 g/mol. The van der Waals surface area contributed by atoms with Crippen molar-refractivity contribution in [1.82, 2.24) is 0 Å². The van der Waals surface area contributed by atoms with E-state index in [4.69, 9.17) is 0 Å². The van der Waals surface area contributed by atoms with Crippen LogP contribution in [0.25, 0.3) is 0 Å². The van der Waals surface area contributed by atoms with Crippen LogP contribution in [-0.2, 0) is 9.59 Å². The summed E-state index contributed by atoms with van der Waals surface area (Å²) < 4.78 is 0. The molecule has 1 aromatic rings. The van der Waals surface area contributed by atoms with E-state index in [-0.39, 0.29) is 5.91 Å². The fourth-order valence-corrected chi connectivity index (χ4v) is 1.35. The smallest absolute Gasteiger partial charge is 0.224 e. The zero-order chi connectivity index (χ0) is 10.6. The predicted octanol–water partition coefficient (Wildman–Crippen LogP) is 1.63. The van der Waals surface area contributed by atoms with Gasteiger partial charge >= 0.3 is 0 Å². The third-order valence-electron chi connectivity index (χ3n) is 1.98. The fourth-order valence-electron chi connectivity index (χ4n) is 1.35. The number of carbonyl (C=O) groups is 2. The van der Waals surface area contributed by atoms with Crippen molar-refractivity contribution >= 4 is 17.9 Å². The zero-order valence-corrected chi connectivity index (χ0v) is 8.31. The molecule has 1 atom stereocenters. The highest BCUT2D eigenvalue weighted by atomic mass is 16.2. The largest absolute Gasteiger partial charge is 0.303 e. The number of anilines is 1. The maximum atomic E-state index is 11.3. The van der Waals surface area contributed by atoms with E-state index < -0.39 is 6.04 Å². The molecule has 1 aromatic carbocycles. The van der Waals surface area contributed by atoms with E-state index in [0.717, 1.165) is 12.0 Å². The molecule has 0 aliphatic heterocycles. The molecule has 0 N–H and O–H groups in total. The van der Waals surface area contributed by atoms with Crippen LogP contribution in [0, 0.1) is 0 Å². The number of aldehydes is 1. The van der Waals surface area contributed by atoms with E-state index in [1.807, 2.05) is 18.2 Å². The second kappa shape index (κ2) is 4.56. The van der Waals surface area contributed by atoms with Crippen LogP contribution < -0.4 is 4.90 Å². The van der Waals surface area contributed by atoms with E-state index in [9.17, 15) is 9.59 Å². The number of carbonyl (C=O) groups excluding carboxylic acids is 2. The van der Waals surface area contributed by atoms with E-state index in [0.29, 0.717) is 0 Å². The Kier molecular flexibility index (Phi) is 3.40.